The lowest BCUT2D eigenvalue weighted by atomic mass is 10.1. The second kappa shape index (κ2) is 5.59. The molecule has 1 nitrogen and oxygen atoms in total. The van der Waals surface area contributed by atoms with Gasteiger partial charge < -0.3 is 0 Å². The summed E-state index contributed by atoms with van der Waals surface area (Å²) in [7, 11) is 0. The summed E-state index contributed by atoms with van der Waals surface area (Å²) < 4.78 is 0. The molecule has 1 aromatic rings. The maximum Gasteiger partial charge on any atom is 0.221 e. The van der Waals surface area contributed by atoms with Crippen LogP contribution in [-0.2, 0) is 11.2 Å². The Morgan fingerprint density at radius 2 is 1.93 bits per heavy atom. The standard InChI is InChI=1S/C10H9Cl3O/c11-8-5-4-7(6-9(8)12)2-1-3-10(13)14/h4-6H,1-3H2. The molecule has 0 aliphatic carbocycles. The minimum absolute atomic E-state index is 0.301. The number of hydrogen-bond donors (Lipinski definition) is 0. The lowest BCUT2D eigenvalue weighted by molar-refractivity contribution is -0.111. The lowest BCUT2D eigenvalue weighted by Crippen LogP contribution is -1.90. The minimum Gasteiger partial charge on any atom is -0.281 e. The van der Waals surface area contributed by atoms with Gasteiger partial charge in [-0.05, 0) is 42.1 Å². The summed E-state index contributed by atoms with van der Waals surface area (Å²) in [6.07, 6.45) is 1.91. The van der Waals surface area contributed by atoms with E-state index in [1.54, 1.807) is 6.07 Å². The highest BCUT2D eigenvalue weighted by Crippen LogP contribution is 2.23. The molecule has 0 aliphatic heterocycles. The van der Waals surface area contributed by atoms with E-state index in [0.717, 1.165) is 18.4 Å². The van der Waals surface area contributed by atoms with Gasteiger partial charge in [-0.15, -0.1) is 0 Å². The van der Waals surface area contributed by atoms with E-state index in [9.17, 15) is 4.79 Å². The Morgan fingerprint density at radius 3 is 2.50 bits per heavy atom. The van der Waals surface area contributed by atoms with Crippen molar-refractivity contribution in [1.82, 2.24) is 0 Å². The molecular weight excluding hydrogens is 242 g/mol. The maximum atomic E-state index is 10.5. The molecule has 0 N–H and O–H groups in total. The van der Waals surface area contributed by atoms with Crippen LogP contribution in [0.1, 0.15) is 18.4 Å². The van der Waals surface area contributed by atoms with Crippen LogP contribution < -0.4 is 0 Å². The van der Waals surface area contributed by atoms with Gasteiger partial charge in [0.15, 0.2) is 0 Å². The van der Waals surface area contributed by atoms with Crippen LogP contribution in [0.5, 0.6) is 0 Å². The van der Waals surface area contributed by atoms with E-state index in [-0.39, 0.29) is 5.24 Å². The molecule has 0 saturated heterocycles. The topological polar surface area (TPSA) is 17.1 Å². The third-order valence-corrected chi connectivity index (χ3v) is 2.75. The molecule has 0 unspecified atom stereocenters. The first-order valence-corrected chi connectivity index (χ1v) is 5.35. The van der Waals surface area contributed by atoms with Crippen LogP contribution in [0.2, 0.25) is 10.0 Å². The van der Waals surface area contributed by atoms with Gasteiger partial charge in [0.1, 0.15) is 0 Å². The molecular formula is C10H9Cl3O. The third-order valence-electron chi connectivity index (χ3n) is 1.82. The van der Waals surface area contributed by atoms with E-state index in [0.29, 0.717) is 16.5 Å². The van der Waals surface area contributed by atoms with Crippen molar-refractivity contribution < 1.29 is 4.79 Å². The second-order valence-electron chi connectivity index (χ2n) is 2.96. The normalized spacial score (nSPS) is 10.2. The molecule has 0 atom stereocenters. The monoisotopic (exact) mass is 250 g/mol. The number of carbonyl (C=O) groups excluding carboxylic acids is 1. The highest BCUT2D eigenvalue weighted by Gasteiger charge is 2.01. The lowest BCUT2D eigenvalue weighted by Gasteiger charge is -2.01. The Hall–Kier alpha value is -0.240. The van der Waals surface area contributed by atoms with Crippen LogP contribution >= 0.6 is 34.8 Å². The third kappa shape index (κ3) is 3.87. The maximum absolute atomic E-state index is 10.5. The van der Waals surface area contributed by atoms with Crippen LogP contribution in [0.25, 0.3) is 0 Å². The predicted octanol–water partition coefficient (Wildman–Crippen LogP) is 4.08. The zero-order chi connectivity index (χ0) is 10.6. The van der Waals surface area contributed by atoms with E-state index < -0.39 is 0 Å². The van der Waals surface area contributed by atoms with Crippen LogP contribution in [0.15, 0.2) is 18.2 Å². The fourth-order valence-electron chi connectivity index (χ4n) is 1.13. The molecule has 0 radical (unpaired) electrons. The van der Waals surface area contributed by atoms with Crippen LogP contribution in [0.4, 0.5) is 0 Å². The zero-order valence-corrected chi connectivity index (χ0v) is 9.66. The molecule has 4 heteroatoms. The van der Waals surface area contributed by atoms with Crippen molar-refractivity contribution in [2.45, 2.75) is 19.3 Å². The molecule has 76 valence electrons. The van der Waals surface area contributed by atoms with Crippen molar-refractivity contribution in [2.24, 2.45) is 0 Å². The zero-order valence-electron chi connectivity index (χ0n) is 7.40. The number of benzene rings is 1. The first-order chi connectivity index (χ1) is 6.59. The van der Waals surface area contributed by atoms with Crippen molar-refractivity contribution in [1.29, 1.82) is 0 Å². The Kier molecular flexibility index (Phi) is 4.73. The average Bonchev–Trinajstić information content (AvgIpc) is 2.10. The minimum atomic E-state index is -0.301. The van der Waals surface area contributed by atoms with Crippen molar-refractivity contribution >= 4 is 40.0 Å². The van der Waals surface area contributed by atoms with Gasteiger partial charge in [0.2, 0.25) is 5.24 Å². The van der Waals surface area contributed by atoms with Gasteiger partial charge in [-0.25, -0.2) is 0 Å². The Balaban J connectivity index is 2.51. The quantitative estimate of drug-likeness (QED) is 0.737. The molecule has 0 saturated carbocycles. The van der Waals surface area contributed by atoms with Crippen LogP contribution in [0.3, 0.4) is 0 Å². The fourth-order valence-corrected chi connectivity index (χ4v) is 1.58. The van der Waals surface area contributed by atoms with Gasteiger partial charge >= 0.3 is 0 Å². The van der Waals surface area contributed by atoms with Gasteiger partial charge in [-0.1, -0.05) is 29.3 Å². The van der Waals surface area contributed by atoms with Crippen molar-refractivity contribution in [3.63, 3.8) is 0 Å². The van der Waals surface area contributed by atoms with E-state index >= 15 is 0 Å². The van der Waals surface area contributed by atoms with Gasteiger partial charge in [0.05, 0.1) is 10.0 Å². The van der Waals surface area contributed by atoms with Gasteiger partial charge in [-0.3, -0.25) is 4.79 Å². The fraction of sp³-hybridized carbons (Fsp3) is 0.300. The number of rotatable bonds is 4. The number of hydrogen-bond acceptors (Lipinski definition) is 1. The molecule has 0 aromatic heterocycles. The molecule has 0 bridgehead atoms. The molecule has 1 aromatic carbocycles. The Labute approximate surface area is 98.0 Å². The summed E-state index contributed by atoms with van der Waals surface area (Å²) in [6, 6.07) is 5.46. The van der Waals surface area contributed by atoms with Crippen molar-refractivity contribution in [2.75, 3.05) is 0 Å². The molecule has 14 heavy (non-hydrogen) atoms. The van der Waals surface area contributed by atoms with E-state index in [1.807, 2.05) is 12.1 Å². The Morgan fingerprint density at radius 1 is 1.21 bits per heavy atom. The van der Waals surface area contributed by atoms with E-state index in [4.69, 9.17) is 34.8 Å². The SMILES string of the molecule is O=C(Cl)CCCc1ccc(Cl)c(Cl)c1. The first kappa shape index (κ1) is 11.8. The highest BCUT2D eigenvalue weighted by atomic mass is 35.5. The summed E-state index contributed by atoms with van der Waals surface area (Å²) in [5.41, 5.74) is 1.07. The summed E-state index contributed by atoms with van der Waals surface area (Å²) in [6.45, 7) is 0. The van der Waals surface area contributed by atoms with E-state index in [1.165, 1.54) is 0 Å². The highest BCUT2D eigenvalue weighted by molar-refractivity contribution is 6.63. The summed E-state index contributed by atoms with van der Waals surface area (Å²) >= 11 is 16.8. The summed E-state index contributed by atoms with van der Waals surface area (Å²) in [5, 5.41) is 0.787. The summed E-state index contributed by atoms with van der Waals surface area (Å²) in [4.78, 5) is 10.5. The largest absolute Gasteiger partial charge is 0.281 e. The van der Waals surface area contributed by atoms with Crippen molar-refractivity contribution in [3.05, 3.63) is 33.8 Å². The predicted molar refractivity (Wildman–Crippen MR) is 60.3 cm³/mol. The first-order valence-electron chi connectivity index (χ1n) is 4.22. The molecule has 0 amide bonds. The summed E-state index contributed by atoms with van der Waals surface area (Å²) in [5.74, 6) is 0. The molecule has 0 aliphatic rings. The van der Waals surface area contributed by atoms with Crippen molar-refractivity contribution in [3.8, 4) is 0 Å². The number of carbonyl (C=O) groups is 1. The van der Waals surface area contributed by atoms with Crippen LogP contribution in [0, 0.1) is 0 Å². The second-order valence-corrected chi connectivity index (χ2v) is 4.19. The Bertz CT molecular complexity index is 336. The molecule has 0 heterocycles. The number of halogens is 3. The van der Waals surface area contributed by atoms with Crippen LogP contribution in [-0.4, -0.2) is 5.24 Å². The number of aryl methyl sites for hydroxylation is 1. The molecule has 1 rings (SSSR count). The van der Waals surface area contributed by atoms with Gasteiger partial charge in [-0.2, -0.15) is 0 Å². The van der Waals surface area contributed by atoms with E-state index in [2.05, 4.69) is 0 Å². The average molecular weight is 252 g/mol. The molecule has 0 spiro atoms. The van der Waals surface area contributed by atoms with Gasteiger partial charge in [0, 0.05) is 6.42 Å². The van der Waals surface area contributed by atoms with Gasteiger partial charge in [0.25, 0.3) is 0 Å². The smallest absolute Gasteiger partial charge is 0.221 e. The molecule has 0 fully saturated rings.